The number of pyridine rings is 1. The minimum atomic E-state index is -4.06. The average molecular weight is 452 g/mol. The van der Waals surface area contributed by atoms with E-state index in [-0.39, 0.29) is 17.0 Å². The molecule has 0 saturated carbocycles. The van der Waals surface area contributed by atoms with Crippen LogP contribution < -0.4 is 10.3 Å². The second kappa shape index (κ2) is 8.81. The van der Waals surface area contributed by atoms with Gasteiger partial charge in [0.05, 0.1) is 17.7 Å². The van der Waals surface area contributed by atoms with Gasteiger partial charge in [-0.15, -0.1) is 0 Å². The van der Waals surface area contributed by atoms with E-state index in [2.05, 4.69) is 9.71 Å². The lowest BCUT2D eigenvalue weighted by Crippen LogP contribution is -2.41. The van der Waals surface area contributed by atoms with E-state index in [1.165, 1.54) is 35.4 Å². The number of H-pyrrole nitrogens is 1. The van der Waals surface area contributed by atoms with E-state index in [1.807, 2.05) is 0 Å². The minimum absolute atomic E-state index is 0.0144. The molecule has 32 heavy (non-hydrogen) atoms. The van der Waals surface area contributed by atoms with Crippen LogP contribution in [0.1, 0.15) is 17.4 Å². The number of aromatic amines is 1. The van der Waals surface area contributed by atoms with Crippen molar-refractivity contribution in [1.82, 2.24) is 14.6 Å². The number of nitrogens with one attached hydrogen (secondary N) is 2. The Morgan fingerprint density at radius 2 is 1.84 bits per heavy atom. The van der Waals surface area contributed by atoms with Crippen LogP contribution >= 0.6 is 0 Å². The smallest absolute Gasteiger partial charge is 0.248 e. The van der Waals surface area contributed by atoms with Crippen molar-refractivity contribution in [2.24, 2.45) is 0 Å². The quantitative estimate of drug-likeness (QED) is 0.449. The molecule has 0 radical (unpaired) electrons. The molecule has 8 nitrogen and oxygen atoms in total. The lowest BCUT2D eigenvalue weighted by atomic mass is 10.1. The van der Waals surface area contributed by atoms with Gasteiger partial charge in [0.15, 0.2) is 0 Å². The van der Waals surface area contributed by atoms with Crippen molar-refractivity contribution in [3.05, 3.63) is 101 Å². The molecule has 0 saturated heterocycles. The van der Waals surface area contributed by atoms with Crippen LogP contribution in [0.4, 0.5) is 0 Å². The van der Waals surface area contributed by atoms with Crippen LogP contribution in [0.5, 0.6) is 0 Å². The van der Waals surface area contributed by atoms with Crippen molar-refractivity contribution in [2.45, 2.75) is 17.5 Å². The zero-order chi connectivity index (χ0) is 22.7. The van der Waals surface area contributed by atoms with Gasteiger partial charge in [-0.1, -0.05) is 30.3 Å². The highest BCUT2D eigenvalue weighted by Crippen LogP contribution is 2.22. The van der Waals surface area contributed by atoms with Gasteiger partial charge in [0.25, 0.3) is 0 Å². The van der Waals surface area contributed by atoms with Crippen LogP contribution in [0.3, 0.4) is 0 Å². The van der Waals surface area contributed by atoms with Crippen LogP contribution in [-0.4, -0.2) is 31.3 Å². The SMILES string of the molecule is CN(Cc1ccco1)C(=O)[C@H](NS(=O)(=O)c1ccc2[nH]c(=O)ccc2c1)c1ccccc1. The number of aromatic nitrogens is 1. The number of carbonyl (C=O) groups excluding carboxylic acids is 1. The van der Waals surface area contributed by atoms with E-state index in [4.69, 9.17) is 4.42 Å². The lowest BCUT2D eigenvalue weighted by molar-refractivity contribution is -0.132. The fraction of sp³-hybridized carbons (Fsp3) is 0.130. The molecular weight excluding hydrogens is 430 g/mol. The third-order valence-corrected chi connectivity index (χ3v) is 6.43. The number of hydrogen-bond donors (Lipinski definition) is 2. The highest BCUT2D eigenvalue weighted by Gasteiger charge is 2.30. The van der Waals surface area contributed by atoms with Crippen molar-refractivity contribution in [3.8, 4) is 0 Å². The molecule has 0 bridgehead atoms. The Morgan fingerprint density at radius 1 is 1.06 bits per heavy atom. The number of carbonyl (C=O) groups is 1. The molecule has 2 N–H and O–H groups in total. The molecule has 2 aromatic carbocycles. The van der Waals surface area contributed by atoms with Crippen molar-refractivity contribution >= 4 is 26.8 Å². The van der Waals surface area contributed by atoms with E-state index in [9.17, 15) is 18.0 Å². The fourth-order valence-corrected chi connectivity index (χ4v) is 4.58. The Labute approximate surface area is 184 Å². The van der Waals surface area contributed by atoms with E-state index in [0.717, 1.165) is 0 Å². The summed E-state index contributed by atoms with van der Waals surface area (Å²) in [5.41, 5.74) is 0.753. The normalized spacial score (nSPS) is 12.5. The van der Waals surface area contributed by atoms with Gasteiger partial charge >= 0.3 is 0 Å². The summed E-state index contributed by atoms with van der Waals surface area (Å²) in [5, 5.41) is 0.560. The number of benzene rings is 2. The summed E-state index contributed by atoms with van der Waals surface area (Å²) in [6.45, 7) is 0.195. The summed E-state index contributed by atoms with van der Waals surface area (Å²) in [4.78, 5) is 28.8. The molecule has 0 aliphatic carbocycles. The number of amides is 1. The predicted octanol–water partition coefficient (Wildman–Crippen LogP) is 2.80. The van der Waals surface area contributed by atoms with Gasteiger partial charge in [-0.25, -0.2) is 8.42 Å². The number of rotatable bonds is 7. The maximum Gasteiger partial charge on any atom is 0.248 e. The largest absolute Gasteiger partial charge is 0.467 e. The van der Waals surface area contributed by atoms with E-state index in [0.29, 0.717) is 22.2 Å². The molecule has 0 unspecified atom stereocenters. The summed E-state index contributed by atoms with van der Waals surface area (Å²) in [6, 6.07) is 18.2. The Kier molecular flexibility index (Phi) is 5.93. The molecular formula is C23H21N3O5S. The van der Waals surface area contributed by atoms with Gasteiger partial charge in [0.2, 0.25) is 21.5 Å². The lowest BCUT2D eigenvalue weighted by Gasteiger charge is -2.24. The van der Waals surface area contributed by atoms with Gasteiger partial charge in [-0.2, -0.15) is 4.72 Å². The van der Waals surface area contributed by atoms with Crippen LogP contribution in [-0.2, 0) is 21.4 Å². The Balaban J connectivity index is 1.66. The summed E-state index contributed by atoms with van der Waals surface area (Å²) < 4.78 is 34.2. The van der Waals surface area contributed by atoms with Crippen molar-refractivity contribution in [3.63, 3.8) is 0 Å². The topological polar surface area (TPSA) is 112 Å². The van der Waals surface area contributed by atoms with Crippen molar-refractivity contribution < 1.29 is 17.6 Å². The van der Waals surface area contributed by atoms with E-state index >= 15 is 0 Å². The summed E-state index contributed by atoms with van der Waals surface area (Å²) in [7, 11) is -2.48. The molecule has 1 atom stereocenters. The molecule has 0 spiro atoms. The van der Waals surface area contributed by atoms with Gasteiger partial charge in [-0.05, 0) is 47.3 Å². The number of nitrogens with zero attached hydrogens (tertiary/aromatic N) is 1. The van der Waals surface area contributed by atoms with Gasteiger partial charge < -0.3 is 14.3 Å². The first-order chi connectivity index (χ1) is 15.3. The van der Waals surface area contributed by atoms with E-state index in [1.54, 1.807) is 55.6 Å². The molecule has 0 fully saturated rings. The Morgan fingerprint density at radius 3 is 2.56 bits per heavy atom. The fourth-order valence-electron chi connectivity index (χ4n) is 3.36. The summed E-state index contributed by atoms with van der Waals surface area (Å²) in [5.74, 6) is 0.153. The second-order valence-corrected chi connectivity index (χ2v) is 9.02. The predicted molar refractivity (Wildman–Crippen MR) is 119 cm³/mol. The molecule has 2 aromatic heterocycles. The highest BCUT2D eigenvalue weighted by molar-refractivity contribution is 7.89. The van der Waals surface area contributed by atoms with E-state index < -0.39 is 22.0 Å². The molecule has 164 valence electrons. The summed E-state index contributed by atoms with van der Waals surface area (Å²) in [6.07, 6.45) is 1.51. The number of fused-ring (bicyclic) bond motifs is 1. The molecule has 9 heteroatoms. The van der Waals surface area contributed by atoms with Crippen molar-refractivity contribution in [1.29, 1.82) is 0 Å². The first kappa shape index (κ1) is 21.5. The zero-order valence-corrected chi connectivity index (χ0v) is 18.0. The molecule has 1 amide bonds. The average Bonchev–Trinajstić information content (AvgIpc) is 3.30. The maximum absolute atomic E-state index is 13.2. The maximum atomic E-state index is 13.2. The first-order valence-electron chi connectivity index (χ1n) is 9.81. The van der Waals surface area contributed by atoms with Crippen LogP contribution in [0.25, 0.3) is 10.9 Å². The molecule has 4 rings (SSSR count). The van der Waals surface area contributed by atoms with Crippen LogP contribution in [0.15, 0.2) is 93.2 Å². The van der Waals surface area contributed by atoms with Gasteiger partial charge in [-0.3, -0.25) is 9.59 Å². The third kappa shape index (κ3) is 4.63. The molecule has 0 aliphatic rings. The van der Waals surface area contributed by atoms with Gasteiger partial charge in [0, 0.05) is 18.6 Å². The number of furan rings is 1. The number of hydrogen-bond acceptors (Lipinski definition) is 5. The third-order valence-electron chi connectivity index (χ3n) is 5.01. The Hall–Kier alpha value is -3.69. The monoisotopic (exact) mass is 451 g/mol. The minimum Gasteiger partial charge on any atom is -0.467 e. The molecule has 2 heterocycles. The van der Waals surface area contributed by atoms with Crippen LogP contribution in [0, 0.1) is 0 Å². The first-order valence-corrected chi connectivity index (χ1v) is 11.3. The standard InChI is InChI=1S/C23H21N3O5S/c1-26(15-18-8-5-13-31-18)23(28)22(16-6-3-2-4-7-16)25-32(29,30)19-10-11-20-17(14-19)9-12-21(27)24-20/h2-14,22,25H,15H2,1H3,(H,24,27)/t22-/m1/s1. The highest BCUT2D eigenvalue weighted by atomic mass is 32.2. The molecule has 4 aromatic rings. The molecule has 0 aliphatic heterocycles. The number of likely N-dealkylation sites (N-methyl/N-ethyl adjacent to an activating group) is 1. The van der Waals surface area contributed by atoms with Crippen molar-refractivity contribution in [2.75, 3.05) is 7.05 Å². The summed E-state index contributed by atoms with van der Waals surface area (Å²) >= 11 is 0. The zero-order valence-electron chi connectivity index (χ0n) is 17.2. The van der Waals surface area contributed by atoms with Gasteiger partial charge in [0.1, 0.15) is 11.8 Å². The second-order valence-electron chi connectivity index (χ2n) is 7.31. The number of sulfonamides is 1. The van der Waals surface area contributed by atoms with Crippen LogP contribution in [0.2, 0.25) is 0 Å². The Bertz CT molecular complexity index is 1400.